The van der Waals surface area contributed by atoms with E-state index in [-0.39, 0.29) is 36.2 Å². The van der Waals surface area contributed by atoms with Crippen molar-refractivity contribution in [2.75, 3.05) is 19.6 Å². The molecule has 4 aliphatic carbocycles. The first-order valence-electron chi connectivity index (χ1n) is 13.5. The minimum Gasteiger partial charge on any atom is -0.481 e. The van der Waals surface area contributed by atoms with Gasteiger partial charge in [-0.3, -0.25) is 9.59 Å². The first-order valence-corrected chi connectivity index (χ1v) is 13.5. The first kappa shape index (κ1) is 23.0. The van der Waals surface area contributed by atoms with E-state index in [9.17, 15) is 19.5 Å². The van der Waals surface area contributed by atoms with Gasteiger partial charge in [-0.1, -0.05) is 24.3 Å². The van der Waals surface area contributed by atoms with Crippen molar-refractivity contribution in [1.82, 2.24) is 10.2 Å². The van der Waals surface area contributed by atoms with Crippen molar-refractivity contribution in [3.63, 3.8) is 0 Å². The van der Waals surface area contributed by atoms with Crippen molar-refractivity contribution >= 4 is 17.8 Å². The second-order valence-corrected chi connectivity index (χ2v) is 11.8. The average molecular weight is 481 g/mol. The molecule has 0 aromatic heterocycles. The fourth-order valence-corrected chi connectivity index (χ4v) is 8.33. The van der Waals surface area contributed by atoms with E-state index in [1.54, 1.807) is 4.90 Å². The van der Waals surface area contributed by atoms with Crippen molar-refractivity contribution in [3.05, 3.63) is 35.4 Å². The highest BCUT2D eigenvalue weighted by atomic mass is 16.5. The van der Waals surface area contributed by atoms with Gasteiger partial charge in [0.2, 0.25) is 5.91 Å². The molecule has 1 aromatic rings. The highest BCUT2D eigenvalue weighted by Crippen LogP contribution is 2.55. The molecule has 0 unspecified atom stereocenters. The molecule has 188 valence electrons. The monoisotopic (exact) mass is 480 g/mol. The summed E-state index contributed by atoms with van der Waals surface area (Å²) in [5.41, 5.74) is 1.79. The van der Waals surface area contributed by atoms with Crippen LogP contribution in [-0.2, 0) is 24.5 Å². The van der Waals surface area contributed by atoms with Gasteiger partial charge in [0.15, 0.2) is 6.04 Å². The summed E-state index contributed by atoms with van der Waals surface area (Å²) >= 11 is 0. The summed E-state index contributed by atoms with van der Waals surface area (Å²) in [4.78, 5) is 40.3. The number of carboxylic acid groups (broad SMARTS) is 1. The molecular weight excluding hydrogens is 444 g/mol. The summed E-state index contributed by atoms with van der Waals surface area (Å²) in [5, 5.41) is 12.6. The van der Waals surface area contributed by atoms with Crippen LogP contribution in [0.2, 0.25) is 0 Å². The summed E-state index contributed by atoms with van der Waals surface area (Å²) in [5.74, 6) is 0.865. The van der Waals surface area contributed by atoms with Gasteiger partial charge in [-0.2, -0.15) is 0 Å². The number of carbonyl (C=O) groups excluding carboxylic acids is 2. The van der Waals surface area contributed by atoms with Crippen molar-refractivity contribution in [2.45, 2.75) is 75.3 Å². The molecule has 0 radical (unpaired) electrons. The van der Waals surface area contributed by atoms with Crippen LogP contribution < -0.4 is 5.32 Å². The van der Waals surface area contributed by atoms with Crippen LogP contribution in [0.4, 0.5) is 0 Å². The zero-order chi connectivity index (χ0) is 24.2. The molecule has 5 fully saturated rings. The lowest BCUT2D eigenvalue weighted by atomic mass is 9.55. The Hall–Kier alpha value is -2.41. The molecule has 7 heteroatoms. The van der Waals surface area contributed by atoms with Crippen LogP contribution in [0.3, 0.4) is 0 Å². The predicted octanol–water partition coefficient (Wildman–Crippen LogP) is 3.42. The van der Waals surface area contributed by atoms with E-state index < -0.39 is 12.0 Å². The maximum Gasteiger partial charge on any atom is 0.333 e. The Kier molecular flexibility index (Phi) is 5.86. The number of benzene rings is 1. The maximum atomic E-state index is 13.9. The lowest BCUT2D eigenvalue weighted by Crippen LogP contribution is -2.56. The Morgan fingerprint density at radius 3 is 2.29 bits per heavy atom. The number of nitrogens with zero attached hydrogens (tertiary/aromatic N) is 1. The quantitative estimate of drug-likeness (QED) is 0.627. The van der Waals surface area contributed by atoms with Crippen LogP contribution in [0.1, 0.15) is 75.0 Å². The molecule has 1 atom stereocenters. The van der Waals surface area contributed by atoms with Gasteiger partial charge in [-0.15, -0.1) is 0 Å². The molecule has 1 aromatic carbocycles. The third-order valence-electron chi connectivity index (χ3n) is 9.66. The topological polar surface area (TPSA) is 95.9 Å². The van der Waals surface area contributed by atoms with E-state index in [4.69, 9.17) is 4.74 Å². The largest absolute Gasteiger partial charge is 0.481 e. The molecule has 2 N–H and O–H groups in total. The molecule has 1 saturated heterocycles. The number of fused-ring (bicyclic) bond motifs is 2. The molecule has 1 amide bonds. The molecule has 35 heavy (non-hydrogen) atoms. The van der Waals surface area contributed by atoms with E-state index in [2.05, 4.69) is 11.4 Å². The molecule has 2 aliphatic heterocycles. The number of esters is 1. The second-order valence-electron chi connectivity index (χ2n) is 11.8. The van der Waals surface area contributed by atoms with Crippen molar-refractivity contribution in [2.24, 2.45) is 23.7 Å². The molecule has 1 spiro atoms. The fourth-order valence-electron chi connectivity index (χ4n) is 8.33. The molecule has 6 aliphatic rings. The number of rotatable bonds is 5. The van der Waals surface area contributed by atoms with Gasteiger partial charge in [0.1, 0.15) is 6.10 Å². The number of carbonyl (C=O) groups is 3. The highest BCUT2D eigenvalue weighted by molar-refractivity contribution is 5.88. The van der Waals surface area contributed by atoms with Crippen LogP contribution in [0, 0.1) is 23.7 Å². The summed E-state index contributed by atoms with van der Waals surface area (Å²) in [6.07, 6.45) is 7.34. The van der Waals surface area contributed by atoms with Crippen molar-refractivity contribution in [3.8, 4) is 0 Å². The van der Waals surface area contributed by atoms with Gasteiger partial charge in [0.05, 0.1) is 6.42 Å². The third kappa shape index (κ3) is 4.05. The van der Waals surface area contributed by atoms with E-state index >= 15 is 0 Å². The Labute approximate surface area is 206 Å². The van der Waals surface area contributed by atoms with Crippen LogP contribution in [-0.4, -0.2) is 53.6 Å². The summed E-state index contributed by atoms with van der Waals surface area (Å²) in [6.45, 7) is 2.15. The zero-order valence-electron chi connectivity index (χ0n) is 20.3. The van der Waals surface area contributed by atoms with Gasteiger partial charge < -0.3 is 20.1 Å². The molecular formula is C28H36N2O5. The summed E-state index contributed by atoms with van der Waals surface area (Å²) in [7, 11) is 0. The van der Waals surface area contributed by atoms with Gasteiger partial charge in [-0.05, 0) is 92.8 Å². The lowest BCUT2D eigenvalue weighted by Gasteiger charge is -2.54. The number of aliphatic carboxylic acids is 1. The van der Waals surface area contributed by atoms with Crippen LogP contribution in [0.5, 0.6) is 0 Å². The minimum atomic E-state index is -1.000. The Bertz CT molecular complexity index is 988. The van der Waals surface area contributed by atoms with Gasteiger partial charge in [-0.25, -0.2) is 4.79 Å². The molecule has 4 bridgehead atoms. The standard InChI is InChI=1S/C28H36N2O5/c31-23(5-6-24(32)33)30-16-28(7-9-29-10-8-28)22-4-2-1-3-21(22)25(30)27(34)35-26-19-12-17-11-18(14-19)15-20(26)13-17/h1-4,17-20,25-26,29H,5-16H2,(H,32,33)/t17?,18?,19?,20?,25-,26?/m1/s1. The molecule has 7 rings (SSSR count). The average Bonchev–Trinajstić information content (AvgIpc) is 2.84. The van der Waals surface area contributed by atoms with E-state index in [0.29, 0.717) is 18.4 Å². The van der Waals surface area contributed by atoms with Crippen LogP contribution in [0.25, 0.3) is 0 Å². The molecule has 2 heterocycles. The van der Waals surface area contributed by atoms with Crippen molar-refractivity contribution < 1.29 is 24.2 Å². The van der Waals surface area contributed by atoms with E-state index in [1.165, 1.54) is 6.42 Å². The number of piperidine rings is 1. The third-order valence-corrected chi connectivity index (χ3v) is 9.66. The number of hydrogen-bond acceptors (Lipinski definition) is 5. The Morgan fingerprint density at radius 1 is 0.971 bits per heavy atom. The summed E-state index contributed by atoms with van der Waals surface area (Å²) < 4.78 is 6.34. The lowest BCUT2D eigenvalue weighted by molar-refractivity contribution is -0.179. The first-order chi connectivity index (χ1) is 16.9. The number of ether oxygens (including phenoxy) is 1. The van der Waals surface area contributed by atoms with Crippen molar-refractivity contribution in [1.29, 1.82) is 0 Å². The number of nitrogens with one attached hydrogen (secondary N) is 1. The Balaban J connectivity index is 1.32. The minimum absolute atomic E-state index is 0.0480. The highest BCUT2D eigenvalue weighted by Gasteiger charge is 2.52. The van der Waals surface area contributed by atoms with E-state index in [1.807, 2.05) is 18.2 Å². The Morgan fingerprint density at radius 2 is 1.63 bits per heavy atom. The summed E-state index contributed by atoms with van der Waals surface area (Å²) in [6, 6.07) is 7.24. The molecule has 4 saturated carbocycles. The maximum absolute atomic E-state index is 13.9. The predicted molar refractivity (Wildman–Crippen MR) is 128 cm³/mol. The van der Waals surface area contributed by atoms with Crippen LogP contribution in [0.15, 0.2) is 24.3 Å². The van der Waals surface area contributed by atoms with Gasteiger partial charge in [0.25, 0.3) is 0 Å². The fraction of sp³-hybridized carbons (Fsp3) is 0.679. The number of amides is 1. The number of carboxylic acids is 1. The second kappa shape index (κ2) is 8.91. The smallest absolute Gasteiger partial charge is 0.333 e. The van der Waals surface area contributed by atoms with Gasteiger partial charge >= 0.3 is 11.9 Å². The van der Waals surface area contributed by atoms with Gasteiger partial charge in [0, 0.05) is 18.4 Å². The van der Waals surface area contributed by atoms with E-state index in [0.717, 1.165) is 74.6 Å². The number of hydrogen-bond donors (Lipinski definition) is 2. The zero-order valence-corrected chi connectivity index (χ0v) is 20.3. The SMILES string of the molecule is O=C(O)CCC(=O)N1CC2(CCNCC2)c2ccccc2[C@@H]1C(=O)OC1C2CC3CC(C2)CC1C3. The molecule has 7 nitrogen and oxygen atoms in total. The normalized spacial score (nSPS) is 34.5. The van der Waals surface area contributed by atoms with Crippen LogP contribution >= 0.6 is 0 Å².